The summed E-state index contributed by atoms with van der Waals surface area (Å²) in [5.41, 5.74) is 7.35. The van der Waals surface area contributed by atoms with Crippen LogP contribution in [0.25, 0.3) is 0 Å². The molecule has 0 radical (unpaired) electrons. The molecule has 1 atom stereocenters. The number of benzene rings is 1. The first-order chi connectivity index (χ1) is 10.2. The molecule has 2 rings (SSSR count). The highest BCUT2D eigenvalue weighted by Crippen LogP contribution is 2.26. The molecule has 0 bridgehead atoms. The number of nitrogens with two attached hydrogens (primary N) is 1. The smallest absolute Gasteiger partial charge is 0.122 e. The van der Waals surface area contributed by atoms with Crippen LogP contribution in [-0.2, 0) is 6.42 Å². The molecule has 1 aromatic rings. The molecule has 0 aromatic heterocycles. The van der Waals surface area contributed by atoms with Crippen LogP contribution in [0.3, 0.4) is 0 Å². The van der Waals surface area contributed by atoms with Crippen LogP contribution in [0.15, 0.2) is 24.3 Å². The lowest BCUT2D eigenvalue weighted by Crippen LogP contribution is -2.46. The van der Waals surface area contributed by atoms with Crippen molar-refractivity contribution in [2.45, 2.75) is 64.1 Å². The second kappa shape index (κ2) is 7.81. The Balaban J connectivity index is 2.01. The zero-order valence-corrected chi connectivity index (χ0v) is 13.7. The second-order valence-electron chi connectivity index (χ2n) is 6.26. The normalized spacial score (nSPS) is 24.0. The number of para-hydroxylation sites is 1. The summed E-state index contributed by atoms with van der Waals surface area (Å²) >= 11 is 0. The quantitative estimate of drug-likeness (QED) is 0.874. The van der Waals surface area contributed by atoms with Crippen molar-refractivity contribution >= 4 is 0 Å². The van der Waals surface area contributed by atoms with E-state index < -0.39 is 0 Å². The topological polar surface area (TPSA) is 38.5 Å². The Bertz CT molecular complexity index is 427. The van der Waals surface area contributed by atoms with Gasteiger partial charge < -0.3 is 10.5 Å². The summed E-state index contributed by atoms with van der Waals surface area (Å²) in [5.74, 6) is 1.01. The number of ether oxygens (including phenoxy) is 1. The summed E-state index contributed by atoms with van der Waals surface area (Å²) < 4.78 is 5.48. The minimum absolute atomic E-state index is 0.421. The van der Waals surface area contributed by atoms with Crippen LogP contribution < -0.4 is 10.5 Å². The molecule has 1 saturated carbocycles. The first-order valence-corrected chi connectivity index (χ1v) is 8.28. The zero-order valence-electron chi connectivity index (χ0n) is 13.7. The van der Waals surface area contributed by atoms with Gasteiger partial charge in [0, 0.05) is 18.1 Å². The molecule has 0 aliphatic heterocycles. The Morgan fingerprint density at radius 1 is 1.24 bits per heavy atom. The standard InChI is InChI=1S/C18H30N2O/c1-4-20(17-11-9-16(19)10-12-17)14(2)13-15-7-5-6-8-18(15)21-3/h5-8,14,16-17H,4,9-13,19H2,1-3H3. The number of methoxy groups -OCH3 is 1. The Hall–Kier alpha value is -1.06. The fraction of sp³-hybridized carbons (Fsp3) is 0.667. The van der Waals surface area contributed by atoms with E-state index in [1.807, 2.05) is 6.07 Å². The van der Waals surface area contributed by atoms with Gasteiger partial charge in [-0.15, -0.1) is 0 Å². The van der Waals surface area contributed by atoms with Gasteiger partial charge in [-0.1, -0.05) is 25.1 Å². The summed E-state index contributed by atoms with van der Waals surface area (Å²) in [7, 11) is 1.75. The van der Waals surface area contributed by atoms with E-state index in [0.29, 0.717) is 18.1 Å². The highest BCUT2D eigenvalue weighted by Gasteiger charge is 2.26. The number of likely N-dealkylation sites (N-methyl/N-ethyl adjacent to an activating group) is 1. The van der Waals surface area contributed by atoms with E-state index in [-0.39, 0.29) is 0 Å². The highest BCUT2D eigenvalue weighted by molar-refractivity contribution is 5.33. The first-order valence-electron chi connectivity index (χ1n) is 8.28. The summed E-state index contributed by atoms with van der Waals surface area (Å²) in [6.07, 6.45) is 5.86. The summed E-state index contributed by atoms with van der Waals surface area (Å²) in [6.45, 7) is 5.72. The van der Waals surface area contributed by atoms with Crippen molar-refractivity contribution in [1.82, 2.24) is 4.90 Å². The lowest BCUT2D eigenvalue weighted by Gasteiger charge is -2.39. The molecule has 3 nitrogen and oxygen atoms in total. The minimum atomic E-state index is 0.421. The van der Waals surface area contributed by atoms with Gasteiger partial charge in [-0.2, -0.15) is 0 Å². The molecule has 0 saturated heterocycles. The number of nitrogens with zero attached hydrogens (tertiary/aromatic N) is 1. The van der Waals surface area contributed by atoms with Crippen molar-refractivity contribution in [1.29, 1.82) is 0 Å². The fourth-order valence-corrected chi connectivity index (χ4v) is 3.67. The molecule has 0 amide bonds. The van der Waals surface area contributed by atoms with E-state index in [2.05, 4.69) is 36.9 Å². The molecular formula is C18H30N2O. The molecule has 1 fully saturated rings. The van der Waals surface area contributed by atoms with Gasteiger partial charge in [-0.25, -0.2) is 0 Å². The molecule has 1 unspecified atom stereocenters. The van der Waals surface area contributed by atoms with Crippen molar-refractivity contribution in [2.75, 3.05) is 13.7 Å². The van der Waals surface area contributed by atoms with Crippen molar-refractivity contribution in [2.24, 2.45) is 5.73 Å². The van der Waals surface area contributed by atoms with Gasteiger partial charge in [0.2, 0.25) is 0 Å². The van der Waals surface area contributed by atoms with E-state index >= 15 is 0 Å². The third kappa shape index (κ3) is 4.21. The Labute approximate surface area is 129 Å². The van der Waals surface area contributed by atoms with E-state index in [4.69, 9.17) is 10.5 Å². The van der Waals surface area contributed by atoms with Gasteiger partial charge in [0.05, 0.1) is 7.11 Å². The first kappa shape index (κ1) is 16.3. The molecular weight excluding hydrogens is 260 g/mol. The lowest BCUT2D eigenvalue weighted by molar-refractivity contribution is 0.113. The average Bonchev–Trinajstić information content (AvgIpc) is 2.50. The van der Waals surface area contributed by atoms with Crippen LogP contribution in [0.5, 0.6) is 5.75 Å². The summed E-state index contributed by atoms with van der Waals surface area (Å²) in [4.78, 5) is 2.65. The van der Waals surface area contributed by atoms with Crippen LogP contribution in [-0.4, -0.2) is 36.7 Å². The predicted molar refractivity (Wildman–Crippen MR) is 88.8 cm³/mol. The van der Waals surface area contributed by atoms with Crippen LogP contribution in [0.1, 0.15) is 45.1 Å². The highest BCUT2D eigenvalue weighted by atomic mass is 16.5. The molecule has 118 valence electrons. The maximum Gasteiger partial charge on any atom is 0.122 e. The van der Waals surface area contributed by atoms with E-state index in [1.165, 1.54) is 31.2 Å². The molecule has 2 N–H and O–H groups in total. The van der Waals surface area contributed by atoms with Gasteiger partial charge in [-0.3, -0.25) is 4.90 Å². The molecule has 1 aliphatic carbocycles. The molecule has 1 aliphatic rings. The molecule has 0 spiro atoms. The molecule has 0 heterocycles. The molecule has 3 heteroatoms. The third-order valence-corrected chi connectivity index (χ3v) is 4.85. The van der Waals surface area contributed by atoms with Gasteiger partial charge in [0.25, 0.3) is 0 Å². The van der Waals surface area contributed by atoms with E-state index in [0.717, 1.165) is 18.7 Å². The fourth-order valence-electron chi connectivity index (χ4n) is 3.67. The summed E-state index contributed by atoms with van der Waals surface area (Å²) in [5, 5.41) is 0. The van der Waals surface area contributed by atoms with E-state index in [1.54, 1.807) is 7.11 Å². The predicted octanol–water partition coefficient (Wildman–Crippen LogP) is 3.22. The number of hydrogen-bond donors (Lipinski definition) is 1. The Morgan fingerprint density at radius 2 is 1.90 bits per heavy atom. The maximum absolute atomic E-state index is 6.04. The molecule has 1 aromatic carbocycles. The lowest BCUT2D eigenvalue weighted by atomic mass is 9.89. The van der Waals surface area contributed by atoms with Crippen LogP contribution in [0.4, 0.5) is 0 Å². The SMILES string of the molecule is CCN(C(C)Cc1ccccc1OC)C1CCC(N)CC1. The average molecular weight is 290 g/mol. The van der Waals surface area contributed by atoms with Gasteiger partial charge in [0.15, 0.2) is 0 Å². The van der Waals surface area contributed by atoms with Crippen LogP contribution in [0, 0.1) is 0 Å². The minimum Gasteiger partial charge on any atom is -0.496 e. The summed E-state index contributed by atoms with van der Waals surface area (Å²) in [6, 6.07) is 10.0. The van der Waals surface area contributed by atoms with Crippen molar-refractivity contribution in [3.05, 3.63) is 29.8 Å². The number of hydrogen-bond acceptors (Lipinski definition) is 3. The van der Waals surface area contributed by atoms with Crippen LogP contribution in [0.2, 0.25) is 0 Å². The Morgan fingerprint density at radius 3 is 2.52 bits per heavy atom. The third-order valence-electron chi connectivity index (χ3n) is 4.85. The zero-order chi connectivity index (χ0) is 15.2. The largest absolute Gasteiger partial charge is 0.496 e. The van der Waals surface area contributed by atoms with Crippen molar-refractivity contribution in [3.8, 4) is 5.75 Å². The van der Waals surface area contributed by atoms with Crippen LogP contribution >= 0.6 is 0 Å². The van der Waals surface area contributed by atoms with Gasteiger partial charge in [0.1, 0.15) is 5.75 Å². The van der Waals surface area contributed by atoms with Crippen molar-refractivity contribution < 1.29 is 4.74 Å². The maximum atomic E-state index is 6.04. The monoisotopic (exact) mass is 290 g/mol. The van der Waals surface area contributed by atoms with Gasteiger partial charge >= 0.3 is 0 Å². The molecule has 21 heavy (non-hydrogen) atoms. The van der Waals surface area contributed by atoms with Gasteiger partial charge in [-0.05, 0) is 57.2 Å². The second-order valence-corrected chi connectivity index (χ2v) is 6.26. The Kier molecular flexibility index (Phi) is 6.07. The van der Waals surface area contributed by atoms with E-state index in [9.17, 15) is 0 Å². The number of rotatable bonds is 6. The van der Waals surface area contributed by atoms with Crippen molar-refractivity contribution in [3.63, 3.8) is 0 Å².